The second-order valence-corrected chi connectivity index (χ2v) is 7.11. The standard InChI is InChI=1S/C21H22BrNO3/c1-14(2)18-9-4-5-10-19(18)23-21(25)15(3)26-20(24)12-11-16-7-6-8-17(22)13-16/h4-15H,1-3H3,(H,23,25)/b12-11+/t15-/m0/s1. The van der Waals surface area contributed by atoms with Gasteiger partial charge in [0.1, 0.15) is 0 Å². The van der Waals surface area contributed by atoms with Gasteiger partial charge in [-0.2, -0.15) is 0 Å². The number of amides is 1. The zero-order valence-corrected chi connectivity index (χ0v) is 16.6. The Kier molecular flexibility index (Phi) is 7.16. The second kappa shape index (κ2) is 9.34. The molecule has 0 fully saturated rings. The van der Waals surface area contributed by atoms with Gasteiger partial charge in [0.25, 0.3) is 5.91 Å². The van der Waals surface area contributed by atoms with Gasteiger partial charge < -0.3 is 10.1 Å². The molecule has 0 saturated carbocycles. The number of benzene rings is 2. The third-order valence-electron chi connectivity index (χ3n) is 3.76. The smallest absolute Gasteiger partial charge is 0.331 e. The first-order valence-corrected chi connectivity index (χ1v) is 9.20. The molecule has 0 saturated heterocycles. The van der Waals surface area contributed by atoms with Crippen molar-refractivity contribution in [1.82, 2.24) is 0 Å². The summed E-state index contributed by atoms with van der Waals surface area (Å²) in [5.41, 5.74) is 2.63. The summed E-state index contributed by atoms with van der Waals surface area (Å²) in [5, 5.41) is 2.83. The van der Waals surface area contributed by atoms with Crippen molar-refractivity contribution < 1.29 is 14.3 Å². The van der Waals surface area contributed by atoms with Gasteiger partial charge in [0.15, 0.2) is 6.10 Å². The Morgan fingerprint density at radius 3 is 2.50 bits per heavy atom. The number of para-hydroxylation sites is 1. The minimum absolute atomic E-state index is 0.275. The summed E-state index contributed by atoms with van der Waals surface area (Å²) in [6.45, 7) is 5.67. The van der Waals surface area contributed by atoms with E-state index in [1.165, 1.54) is 6.08 Å². The summed E-state index contributed by atoms with van der Waals surface area (Å²) in [7, 11) is 0. The van der Waals surface area contributed by atoms with E-state index >= 15 is 0 Å². The highest BCUT2D eigenvalue weighted by Crippen LogP contribution is 2.23. The molecule has 1 amide bonds. The fourth-order valence-corrected chi connectivity index (χ4v) is 2.81. The number of nitrogens with one attached hydrogen (secondary N) is 1. The number of halogens is 1. The molecule has 2 aromatic rings. The molecule has 26 heavy (non-hydrogen) atoms. The summed E-state index contributed by atoms with van der Waals surface area (Å²) in [6.07, 6.45) is 2.06. The molecule has 136 valence electrons. The third-order valence-corrected chi connectivity index (χ3v) is 4.26. The van der Waals surface area contributed by atoms with Gasteiger partial charge in [-0.1, -0.05) is 60.1 Å². The van der Waals surface area contributed by atoms with Crippen molar-refractivity contribution in [2.45, 2.75) is 32.8 Å². The van der Waals surface area contributed by atoms with E-state index in [9.17, 15) is 9.59 Å². The fraction of sp³-hybridized carbons (Fsp3) is 0.238. The van der Waals surface area contributed by atoms with Crippen molar-refractivity contribution in [2.75, 3.05) is 5.32 Å². The normalized spacial score (nSPS) is 12.2. The summed E-state index contributed by atoms with van der Waals surface area (Å²) >= 11 is 3.37. The second-order valence-electron chi connectivity index (χ2n) is 6.20. The zero-order valence-electron chi connectivity index (χ0n) is 15.0. The van der Waals surface area contributed by atoms with E-state index in [1.807, 2.05) is 48.5 Å². The van der Waals surface area contributed by atoms with E-state index < -0.39 is 12.1 Å². The molecule has 0 bridgehead atoms. The fourth-order valence-electron chi connectivity index (χ4n) is 2.39. The Balaban J connectivity index is 1.95. The maximum absolute atomic E-state index is 12.3. The minimum atomic E-state index is -0.894. The van der Waals surface area contributed by atoms with Gasteiger partial charge in [0.05, 0.1) is 0 Å². The first-order chi connectivity index (χ1) is 12.4. The van der Waals surface area contributed by atoms with Gasteiger partial charge in [-0.3, -0.25) is 4.79 Å². The molecule has 4 nitrogen and oxygen atoms in total. The molecule has 1 N–H and O–H groups in total. The number of anilines is 1. The number of carbonyl (C=O) groups excluding carboxylic acids is 2. The maximum atomic E-state index is 12.3. The number of hydrogen-bond donors (Lipinski definition) is 1. The minimum Gasteiger partial charge on any atom is -0.449 e. The topological polar surface area (TPSA) is 55.4 Å². The van der Waals surface area contributed by atoms with Crippen molar-refractivity contribution in [3.8, 4) is 0 Å². The summed E-state index contributed by atoms with van der Waals surface area (Å²) in [5.74, 6) is -0.649. The molecular weight excluding hydrogens is 394 g/mol. The van der Waals surface area contributed by atoms with Crippen LogP contribution in [0.15, 0.2) is 59.1 Å². The molecule has 5 heteroatoms. The van der Waals surface area contributed by atoms with Crippen LogP contribution in [-0.4, -0.2) is 18.0 Å². The molecular formula is C21H22BrNO3. The SMILES string of the molecule is CC(C)c1ccccc1NC(=O)[C@H](C)OC(=O)/C=C/c1cccc(Br)c1. The Labute approximate surface area is 162 Å². The first-order valence-electron chi connectivity index (χ1n) is 8.41. The van der Waals surface area contributed by atoms with Gasteiger partial charge in [-0.25, -0.2) is 4.79 Å². The van der Waals surface area contributed by atoms with Crippen molar-refractivity contribution >= 4 is 39.6 Å². The molecule has 0 unspecified atom stereocenters. The molecule has 0 spiro atoms. The van der Waals surface area contributed by atoms with Crippen LogP contribution in [0.1, 0.15) is 37.8 Å². The van der Waals surface area contributed by atoms with Gasteiger partial charge in [0, 0.05) is 16.2 Å². The Hall–Kier alpha value is -2.40. The van der Waals surface area contributed by atoms with Crippen LogP contribution in [0.3, 0.4) is 0 Å². The average Bonchev–Trinajstić information content (AvgIpc) is 2.60. The van der Waals surface area contributed by atoms with Crippen LogP contribution in [0.2, 0.25) is 0 Å². The van der Waals surface area contributed by atoms with E-state index in [1.54, 1.807) is 13.0 Å². The quantitative estimate of drug-likeness (QED) is 0.523. The number of carbonyl (C=O) groups is 2. The van der Waals surface area contributed by atoms with Crippen LogP contribution in [0.25, 0.3) is 6.08 Å². The van der Waals surface area contributed by atoms with Crippen molar-refractivity contribution in [1.29, 1.82) is 0 Å². The molecule has 0 aliphatic carbocycles. The molecule has 0 radical (unpaired) electrons. The Morgan fingerprint density at radius 2 is 1.81 bits per heavy atom. The summed E-state index contributed by atoms with van der Waals surface area (Å²) in [6, 6.07) is 15.1. The predicted octanol–water partition coefficient (Wildman–Crippen LogP) is 5.16. The lowest BCUT2D eigenvalue weighted by molar-refractivity contribution is -0.148. The van der Waals surface area contributed by atoms with E-state index in [2.05, 4.69) is 35.1 Å². The summed E-state index contributed by atoms with van der Waals surface area (Å²) in [4.78, 5) is 24.3. The molecule has 0 aliphatic heterocycles. The molecule has 0 aliphatic rings. The molecule has 2 rings (SSSR count). The molecule has 2 aromatic carbocycles. The number of rotatable bonds is 6. The Bertz CT molecular complexity index is 814. The highest BCUT2D eigenvalue weighted by molar-refractivity contribution is 9.10. The molecule has 0 aromatic heterocycles. The van der Waals surface area contributed by atoms with E-state index in [-0.39, 0.29) is 11.8 Å². The number of esters is 1. The van der Waals surface area contributed by atoms with Gasteiger partial charge in [-0.05, 0) is 48.2 Å². The summed E-state index contributed by atoms with van der Waals surface area (Å²) < 4.78 is 6.11. The van der Waals surface area contributed by atoms with Crippen LogP contribution in [0.5, 0.6) is 0 Å². The number of hydrogen-bond acceptors (Lipinski definition) is 3. The van der Waals surface area contributed by atoms with Gasteiger partial charge in [0.2, 0.25) is 0 Å². The van der Waals surface area contributed by atoms with E-state index in [4.69, 9.17) is 4.74 Å². The lowest BCUT2D eigenvalue weighted by Gasteiger charge is -2.16. The van der Waals surface area contributed by atoms with Gasteiger partial charge >= 0.3 is 5.97 Å². The largest absolute Gasteiger partial charge is 0.449 e. The van der Waals surface area contributed by atoms with Crippen molar-refractivity contribution in [3.05, 3.63) is 70.2 Å². The van der Waals surface area contributed by atoms with Crippen LogP contribution in [0, 0.1) is 0 Å². The Morgan fingerprint density at radius 1 is 1.08 bits per heavy atom. The lowest BCUT2D eigenvalue weighted by Crippen LogP contribution is -2.29. The van der Waals surface area contributed by atoms with Crippen LogP contribution in [-0.2, 0) is 14.3 Å². The monoisotopic (exact) mass is 415 g/mol. The van der Waals surface area contributed by atoms with Crippen LogP contribution < -0.4 is 5.32 Å². The zero-order chi connectivity index (χ0) is 19.1. The molecule has 1 atom stereocenters. The van der Waals surface area contributed by atoms with Gasteiger partial charge in [-0.15, -0.1) is 0 Å². The van der Waals surface area contributed by atoms with E-state index in [0.29, 0.717) is 0 Å². The maximum Gasteiger partial charge on any atom is 0.331 e. The highest BCUT2D eigenvalue weighted by atomic mass is 79.9. The first kappa shape index (κ1) is 19.9. The van der Waals surface area contributed by atoms with Crippen molar-refractivity contribution in [3.63, 3.8) is 0 Å². The average molecular weight is 416 g/mol. The number of ether oxygens (including phenoxy) is 1. The highest BCUT2D eigenvalue weighted by Gasteiger charge is 2.18. The lowest BCUT2D eigenvalue weighted by atomic mass is 10.0. The van der Waals surface area contributed by atoms with Crippen LogP contribution in [0.4, 0.5) is 5.69 Å². The van der Waals surface area contributed by atoms with Crippen molar-refractivity contribution in [2.24, 2.45) is 0 Å². The van der Waals surface area contributed by atoms with E-state index in [0.717, 1.165) is 21.3 Å². The van der Waals surface area contributed by atoms with Crippen LogP contribution >= 0.6 is 15.9 Å². The molecule has 0 heterocycles. The predicted molar refractivity (Wildman–Crippen MR) is 108 cm³/mol. The third kappa shape index (κ3) is 5.85.